The van der Waals surface area contributed by atoms with Crippen LogP contribution < -0.4 is 5.73 Å². The van der Waals surface area contributed by atoms with E-state index in [0.717, 1.165) is 6.54 Å². The van der Waals surface area contributed by atoms with Gasteiger partial charge in [0.25, 0.3) is 0 Å². The Morgan fingerprint density at radius 3 is 2.53 bits per heavy atom. The molecule has 1 heterocycles. The van der Waals surface area contributed by atoms with Gasteiger partial charge in [0.2, 0.25) is 11.8 Å². The molecule has 0 aromatic carbocycles. The highest BCUT2D eigenvalue weighted by Crippen LogP contribution is 2.33. The van der Waals surface area contributed by atoms with E-state index in [-0.39, 0.29) is 17.7 Å². The van der Waals surface area contributed by atoms with Gasteiger partial charge in [0, 0.05) is 32.6 Å². The molecule has 1 unspecified atom stereocenters. The second-order valence-electron chi connectivity index (χ2n) is 5.35. The highest BCUT2D eigenvalue weighted by Gasteiger charge is 2.31. The summed E-state index contributed by atoms with van der Waals surface area (Å²) < 4.78 is 0. The zero-order valence-electron chi connectivity index (χ0n) is 10.4. The fraction of sp³-hybridized carbons (Fsp3) is 0.833. The molecule has 5 heteroatoms. The summed E-state index contributed by atoms with van der Waals surface area (Å²) in [7, 11) is 1.96. The van der Waals surface area contributed by atoms with Crippen molar-refractivity contribution in [3.63, 3.8) is 0 Å². The van der Waals surface area contributed by atoms with Gasteiger partial charge in [-0.3, -0.25) is 9.59 Å². The molecule has 1 aliphatic carbocycles. The number of primary amides is 1. The van der Waals surface area contributed by atoms with Gasteiger partial charge in [0.05, 0.1) is 5.92 Å². The first kappa shape index (κ1) is 12.4. The van der Waals surface area contributed by atoms with Crippen LogP contribution in [-0.2, 0) is 9.59 Å². The van der Waals surface area contributed by atoms with Crippen LogP contribution in [0.15, 0.2) is 0 Å². The molecule has 1 saturated heterocycles. The van der Waals surface area contributed by atoms with Crippen LogP contribution in [0.25, 0.3) is 0 Å². The SMILES string of the molecule is CN1CCN(C(=O)CC2CC2)CC(C(N)=O)C1. The Labute approximate surface area is 102 Å². The molecule has 0 bridgehead atoms. The highest BCUT2D eigenvalue weighted by atomic mass is 16.2. The molecule has 0 aromatic rings. The maximum atomic E-state index is 12.0. The fourth-order valence-electron chi connectivity index (χ4n) is 2.28. The van der Waals surface area contributed by atoms with Gasteiger partial charge in [0.15, 0.2) is 0 Å². The maximum Gasteiger partial charge on any atom is 0.223 e. The Morgan fingerprint density at radius 2 is 1.94 bits per heavy atom. The number of hydrogen-bond donors (Lipinski definition) is 1. The lowest BCUT2D eigenvalue weighted by atomic mass is 10.1. The molecule has 5 nitrogen and oxygen atoms in total. The summed E-state index contributed by atoms with van der Waals surface area (Å²) in [5.41, 5.74) is 5.37. The molecule has 2 amide bonds. The van der Waals surface area contributed by atoms with Gasteiger partial charge in [0.1, 0.15) is 0 Å². The lowest BCUT2D eigenvalue weighted by Gasteiger charge is -2.22. The number of rotatable bonds is 3. The average Bonchev–Trinajstić information content (AvgIpc) is 3.05. The minimum Gasteiger partial charge on any atom is -0.369 e. The number of nitrogens with zero attached hydrogens (tertiary/aromatic N) is 2. The third-order valence-corrected chi connectivity index (χ3v) is 3.64. The van der Waals surface area contributed by atoms with Crippen molar-refractivity contribution in [2.75, 3.05) is 33.2 Å². The highest BCUT2D eigenvalue weighted by molar-refractivity contribution is 5.80. The van der Waals surface area contributed by atoms with Crippen LogP contribution in [-0.4, -0.2) is 54.8 Å². The Kier molecular flexibility index (Phi) is 3.66. The van der Waals surface area contributed by atoms with E-state index >= 15 is 0 Å². The van der Waals surface area contributed by atoms with Crippen molar-refractivity contribution in [3.05, 3.63) is 0 Å². The molecule has 0 spiro atoms. The molecule has 2 aliphatic rings. The first-order chi connectivity index (χ1) is 8.06. The van der Waals surface area contributed by atoms with E-state index in [4.69, 9.17) is 5.73 Å². The first-order valence-corrected chi connectivity index (χ1v) is 6.32. The van der Waals surface area contributed by atoms with E-state index in [0.29, 0.717) is 32.0 Å². The van der Waals surface area contributed by atoms with Crippen molar-refractivity contribution in [1.82, 2.24) is 9.80 Å². The molecule has 96 valence electrons. The number of hydrogen-bond acceptors (Lipinski definition) is 3. The van der Waals surface area contributed by atoms with Crippen LogP contribution in [0.2, 0.25) is 0 Å². The molecular weight excluding hydrogens is 218 g/mol. The summed E-state index contributed by atoms with van der Waals surface area (Å²) in [6.07, 6.45) is 3.01. The number of amides is 2. The van der Waals surface area contributed by atoms with E-state index in [1.807, 2.05) is 11.9 Å². The number of carbonyl (C=O) groups is 2. The van der Waals surface area contributed by atoms with Gasteiger partial charge in [-0.15, -0.1) is 0 Å². The van der Waals surface area contributed by atoms with Crippen LogP contribution in [0.3, 0.4) is 0 Å². The van der Waals surface area contributed by atoms with E-state index in [2.05, 4.69) is 4.90 Å². The number of carbonyl (C=O) groups excluding carboxylic acids is 2. The molecule has 1 atom stereocenters. The van der Waals surface area contributed by atoms with Crippen molar-refractivity contribution < 1.29 is 9.59 Å². The number of nitrogens with two attached hydrogens (primary N) is 1. The Bertz CT molecular complexity index is 315. The molecule has 17 heavy (non-hydrogen) atoms. The van der Waals surface area contributed by atoms with E-state index in [9.17, 15) is 9.59 Å². The Morgan fingerprint density at radius 1 is 1.24 bits per heavy atom. The van der Waals surface area contributed by atoms with Crippen molar-refractivity contribution in [2.45, 2.75) is 19.3 Å². The molecular formula is C12H21N3O2. The molecule has 1 aliphatic heterocycles. The minimum atomic E-state index is -0.303. The molecule has 2 fully saturated rings. The summed E-state index contributed by atoms with van der Waals surface area (Å²) in [6.45, 7) is 2.68. The smallest absolute Gasteiger partial charge is 0.223 e. The summed E-state index contributed by atoms with van der Waals surface area (Å²) in [5.74, 6) is 0.248. The van der Waals surface area contributed by atoms with Gasteiger partial charge in [-0.05, 0) is 25.8 Å². The van der Waals surface area contributed by atoms with Crippen LogP contribution in [0, 0.1) is 11.8 Å². The fourth-order valence-corrected chi connectivity index (χ4v) is 2.28. The van der Waals surface area contributed by atoms with Crippen molar-refractivity contribution >= 4 is 11.8 Å². The van der Waals surface area contributed by atoms with Crippen LogP contribution in [0.5, 0.6) is 0 Å². The van der Waals surface area contributed by atoms with Gasteiger partial charge in [-0.1, -0.05) is 0 Å². The molecule has 2 rings (SSSR count). The van der Waals surface area contributed by atoms with Gasteiger partial charge in [-0.2, -0.15) is 0 Å². The number of likely N-dealkylation sites (N-methyl/N-ethyl adjacent to an activating group) is 1. The second-order valence-corrected chi connectivity index (χ2v) is 5.35. The normalized spacial score (nSPS) is 26.6. The quantitative estimate of drug-likeness (QED) is 0.733. The third-order valence-electron chi connectivity index (χ3n) is 3.64. The van der Waals surface area contributed by atoms with Gasteiger partial charge >= 0.3 is 0 Å². The Hall–Kier alpha value is -1.10. The molecule has 2 N–H and O–H groups in total. The average molecular weight is 239 g/mol. The molecule has 1 saturated carbocycles. The van der Waals surface area contributed by atoms with Crippen molar-refractivity contribution in [1.29, 1.82) is 0 Å². The first-order valence-electron chi connectivity index (χ1n) is 6.32. The summed E-state index contributed by atoms with van der Waals surface area (Å²) in [6, 6.07) is 0. The van der Waals surface area contributed by atoms with Gasteiger partial charge < -0.3 is 15.5 Å². The maximum absolute atomic E-state index is 12.0. The van der Waals surface area contributed by atoms with Crippen molar-refractivity contribution in [3.8, 4) is 0 Å². The summed E-state index contributed by atoms with van der Waals surface area (Å²) >= 11 is 0. The largest absolute Gasteiger partial charge is 0.369 e. The Balaban J connectivity index is 1.95. The zero-order chi connectivity index (χ0) is 12.4. The monoisotopic (exact) mass is 239 g/mol. The lowest BCUT2D eigenvalue weighted by molar-refractivity contribution is -0.132. The van der Waals surface area contributed by atoms with Crippen LogP contribution in [0.4, 0.5) is 0 Å². The zero-order valence-corrected chi connectivity index (χ0v) is 10.4. The van der Waals surface area contributed by atoms with E-state index in [1.54, 1.807) is 0 Å². The van der Waals surface area contributed by atoms with Crippen LogP contribution in [0.1, 0.15) is 19.3 Å². The van der Waals surface area contributed by atoms with E-state index in [1.165, 1.54) is 12.8 Å². The topological polar surface area (TPSA) is 66.6 Å². The van der Waals surface area contributed by atoms with Crippen molar-refractivity contribution in [2.24, 2.45) is 17.6 Å². The standard InChI is InChI=1S/C12H21N3O2/c1-14-4-5-15(8-10(7-14)12(13)17)11(16)6-9-2-3-9/h9-10H,2-8H2,1H3,(H2,13,17). The van der Waals surface area contributed by atoms with Crippen LogP contribution >= 0.6 is 0 Å². The molecule has 0 radical (unpaired) electrons. The summed E-state index contributed by atoms with van der Waals surface area (Å²) in [5, 5.41) is 0. The predicted molar refractivity (Wildman–Crippen MR) is 64.1 cm³/mol. The lowest BCUT2D eigenvalue weighted by Crippen LogP contribution is -2.40. The molecule has 0 aromatic heterocycles. The van der Waals surface area contributed by atoms with E-state index < -0.39 is 0 Å². The van der Waals surface area contributed by atoms with Gasteiger partial charge in [-0.25, -0.2) is 0 Å². The minimum absolute atomic E-state index is 0.189. The third kappa shape index (κ3) is 3.43. The second kappa shape index (κ2) is 5.04. The summed E-state index contributed by atoms with van der Waals surface area (Å²) in [4.78, 5) is 27.2. The predicted octanol–water partition coefficient (Wildman–Crippen LogP) is -0.338.